The quantitative estimate of drug-likeness (QED) is 0.376. The average Bonchev–Trinajstić information content (AvgIpc) is 3.37. The Morgan fingerprint density at radius 1 is 0.919 bits per heavy atom. The Balaban J connectivity index is 1.32. The molecule has 0 spiro atoms. The number of rotatable bonds is 6. The number of carbonyl (C=O) groups is 1. The van der Waals surface area contributed by atoms with Crippen LogP contribution in [0.2, 0.25) is 5.02 Å². The van der Waals surface area contributed by atoms with Gasteiger partial charge in [-0.15, -0.1) is 0 Å². The number of hydrogen-bond donors (Lipinski definition) is 0. The second-order valence-electron chi connectivity index (χ2n) is 9.50. The number of carbonyl (C=O) groups excluding carboxylic acids is 1. The number of sulfonamides is 1. The smallest absolute Gasteiger partial charge is 0.255 e. The summed E-state index contributed by atoms with van der Waals surface area (Å²) in [6, 6.07) is 22.6. The highest BCUT2D eigenvalue weighted by molar-refractivity contribution is 9.10. The number of amides is 1. The first-order valence-corrected chi connectivity index (χ1v) is 15.1. The molecule has 2 fully saturated rings. The summed E-state index contributed by atoms with van der Waals surface area (Å²) in [6.45, 7) is 2.60. The van der Waals surface area contributed by atoms with E-state index in [1.165, 1.54) is 22.5 Å². The van der Waals surface area contributed by atoms with Crippen molar-refractivity contribution in [3.8, 4) is 0 Å². The number of likely N-dealkylation sites (tertiary alicyclic amines) is 1. The molecule has 2 heterocycles. The Hall–Kier alpha value is -2.39. The Morgan fingerprint density at radius 2 is 1.68 bits per heavy atom. The lowest BCUT2D eigenvalue weighted by atomic mass is 10.0. The van der Waals surface area contributed by atoms with Gasteiger partial charge in [0.1, 0.15) is 0 Å². The van der Waals surface area contributed by atoms with Crippen LogP contribution in [0.4, 0.5) is 5.69 Å². The van der Waals surface area contributed by atoms with Gasteiger partial charge in [0.25, 0.3) is 5.91 Å². The second-order valence-corrected chi connectivity index (χ2v) is 12.8. The average molecular weight is 603 g/mol. The first-order chi connectivity index (χ1) is 17.8. The number of hydrogen-bond acceptors (Lipinski definition) is 4. The molecule has 0 bridgehead atoms. The molecule has 0 aromatic heterocycles. The maximum absolute atomic E-state index is 13.6. The van der Waals surface area contributed by atoms with Gasteiger partial charge in [-0.2, -0.15) is 4.31 Å². The molecule has 0 radical (unpaired) electrons. The first-order valence-electron chi connectivity index (χ1n) is 12.5. The lowest BCUT2D eigenvalue weighted by molar-refractivity contribution is 0.0736. The monoisotopic (exact) mass is 601 g/mol. The van der Waals surface area contributed by atoms with Gasteiger partial charge in [0.05, 0.1) is 15.5 Å². The standard InChI is InChI=1S/C28H29BrClN3O3S/c29-22-7-4-6-21(18-22)19-24-10-5-13-33(24)28(34)26-20-25(11-12-27(26)30)37(35,36)32-16-14-31(15-17-32)23-8-2-1-3-9-23/h1-4,6-9,11-12,18,20,24H,5,10,13-17,19H2. The molecule has 37 heavy (non-hydrogen) atoms. The van der Waals surface area contributed by atoms with Crippen molar-refractivity contribution < 1.29 is 13.2 Å². The van der Waals surface area contributed by atoms with Gasteiger partial charge >= 0.3 is 0 Å². The Kier molecular flexibility index (Phi) is 7.91. The van der Waals surface area contributed by atoms with E-state index in [2.05, 4.69) is 33.0 Å². The molecule has 0 N–H and O–H groups in total. The van der Waals surface area contributed by atoms with Crippen molar-refractivity contribution in [1.29, 1.82) is 0 Å². The van der Waals surface area contributed by atoms with Crippen molar-refractivity contribution in [1.82, 2.24) is 9.21 Å². The van der Waals surface area contributed by atoms with Crippen molar-refractivity contribution in [2.75, 3.05) is 37.6 Å². The van der Waals surface area contributed by atoms with Crippen molar-refractivity contribution in [3.05, 3.63) is 93.4 Å². The lowest BCUT2D eigenvalue weighted by Gasteiger charge is -2.35. The molecule has 0 aliphatic carbocycles. The van der Waals surface area contributed by atoms with Crippen LogP contribution in [-0.4, -0.2) is 62.3 Å². The summed E-state index contributed by atoms with van der Waals surface area (Å²) in [6.07, 6.45) is 2.55. The number of anilines is 1. The molecule has 2 aliphatic rings. The summed E-state index contributed by atoms with van der Waals surface area (Å²) < 4.78 is 29.5. The van der Waals surface area contributed by atoms with Crippen LogP contribution in [0.1, 0.15) is 28.8 Å². The molecule has 3 aromatic rings. The van der Waals surface area contributed by atoms with Gasteiger partial charge < -0.3 is 9.80 Å². The molecule has 0 saturated carbocycles. The van der Waals surface area contributed by atoms with E-state index < -0.39 is 10.0 Å². The summed E-state index contributed by atoms with van der Waals surface area (Å²) in [5, 5.41) is 0.269. The van der Waals surface area contributed by atoms with Crippen LogP contribution in [0.5, 0.6) is 0 Å². The number of para-hydroxylation sites is 1. The van der Waals surface area contributed by atoms with E-state index in [1.807, 2.05) is 47.4 Å². The highest BCUT2D eigenvalue weighted by Gasteiger charge is 2.33. The van der Waals surface area contributed by atoms with Crippen LogP contribution in [0.3, 0.4) is 0 Å². The van der Waals surface area contributed by atoms with Gasteiger partial charge in [-0.25, -0.2) is 8.42 Å². The van der Waals surface area contributed by atoms with Crippen LogP contribution >= 0.6 is 27.5 Å². The minimum Gasteiger partial charge on any atom is -0.369 e. The third-order valence-electron chi connectivity index (χ3n) is 7.16. The van der Waals surface area contributed by atoms with Gasteiger partial charge in [-0.05, 0) is 67.3 Å². The molecule has 1 amide bonds. The predicted octanol–water partition coefficient (Wildman–Crippen LogP) is 5.46. The first kappa shape index (κ1) is 26.2. The van der Waals surface area contributed by atoms with E-state index in [4.69, 9.17) is 11.6 Å². The number of piperazine rings is 1. The van der Waals surface area contributed by atoms with E-state index >= 15 is 0 Å². The van der Waals surface area contributed by atoms with Gasteiger partial charge in [0, 0.05) is 48.9 Å². The fraction of sp³-hybridized carbons (Fsp3) is 0.321. The van der Waals surface area contributed by atoms with Crippen molar-refractivity contribution in [3.63, 3.8) is 0 Å². The molecule has 2 saturated heterocycles. The van der Waals surface area contributed by atoms with Crippen LogP contribution in [0, 0.1) is 0 Å². The molecule has 1 unspecified atom stereocenters. The summed E-state index contributed by atoms with van der Waals surface area (Å²) in [4.78, 5) is 17.7. The summed E-state index contributed by atoms with van der Waals surface area (Å²) in [7, 11) is -3.76. The molecule has 1 atom stereocenters. The summed E-state index contributed by atoms with van der Waals surface area (Å²) >= 11 is 9.97. The summed E-state index contributed by atoms with van der Waals surface area (Å²) in [5.74, 6) is -0.214. The van der Waals surface area contributed by atoms with E-state index in [0.29, 0.717) is 32.7 Å². The van der Waals surface area contributed by atoms with Crippen LogP contribution in [0.25, 0.3) is 0 Å². The van der Waals surface area contributed by atoms with Gasteiger partial charge in [0.2, 0.25) is 10.0 Å². The van der Waals surface area contributed by atoms with Crippen molar-refractivity contribution in [2.24, 2.45) is 0 Å². The van der Waals surface area contributed by atoms with Gasteiger partial charge in [-0.1, -0.05) is 57.9 Å². The minimum absolute atomic E-state index is 0.0455. The Labute approximate surface area is 232 Å². The fourth-order valence-corrected chi connectivity index (χ4v) is 7.30. The van der Waals surface area contributed by atoms with E-state index in [9.17, 15) is 13.2 Å². The van der Waals surface area contributed by atoms with E-state index in [0.717, 1.165) is 35.0 Å². The highest BCUT2D eigenvalue weighted by atomic mass is 79.9. The van der Waals surface area contributed by atoms with Crippen LogP contribution in [0.15, 0.2) is 82.2 Å². The van der Waals surface area contributed by atoms with Gasteiger partial charge in [-0.3, -0.25) is 4.79 Å². The molecule has 9 heteroatoms. The molecule has 6 nitrogen and oxygen atoms in total. The molecule has 3 aromatic carbocycles. The summed E-state index contributed by atoms with van der Waals surface area (Å²) in [5.41, 5.74) is 2.48. The molecular weight excluding hydrogens is 574 g/mol. The maximum atomic E-state index is 13.6. The fourth-order valence-electron chi connectivity index (χ4n) is 5.21. The van der Waals surface area contributed by atoms with Crippen LogP contribution < -0.4 is 4.90 Å². The number of halogens is 2. The Morgan fingerprint density at radius 3 is 2.41 bits per heavy atom. The van der Waals surface area contributed by atoms with Crippen molar-refractivity contribution in [2.45, 2.75) is 30.2 Å². The number of nitrogens with zero attached hydrogens (tertiary/aromatic N) is 3. The van der Waals surface area contributed by atoms with Crippen molar-refractivity contribution >= 4 is 49.1 Å². The molecule has 194 valence electrons. The zero-order valence-corrected chi connectivity index (χ0v) is 23.6. The zero-order valence-electron chi connectivity index (χ0n) is 20.4. The largest absolute Gasteiger partial charge is 0.369 e. The molecular formula is C28H29BrClN3O3S. The topological polar surface area (TPSA) is 60.9 Å². The molecule has 2 aliphatic heterocycles. The van der Waals surface area contributed by atoms with Crippen LogP contribution in [-0.2, 0) is 16.4 Å². The normalized spacial score (nSPS) is 18.8. The number of benzene rings is 3. The third kappa shape index (κ3) is 5.72. The highest BCUT2D eigenvalue weighted by Crippen LogP contribution is 2.29. The lowest BCUT2D eigenvalue weighted by Crippen LogP contribution is -2.48. The van der Waals surface area contributed by atoms with E-state index in [-0.39, 0.29) is 27.4 Å². The second kappa shape index (κ2) is 11.2. The Bertz CT molecular complexity index is 1380. The van der Waals surface area contributed by atoms with Gasteiger partial charge in [0.15, 0.2) is 0 Å². The predicted molar refractivity (Wildman–Crippen MR) is 151 cm³/mol. The third-order valence-corrected chi connectivity index (χ3v) is 9.88. The minimum atomic E-state index is -3.76. The molecule has 5 rings (SSSR count). The SMILES string of the molecule is O=C(c1cc(S(=O)(=O)N2CCN(c3ccccc3)CC2)ccc1Cl)N1CCCC1Cc1cccc(Br)c1. The maximum Gasteiger partial charge on any atom is 0.255 e. The van der Waals surface area contributed by atoms with E-state index in [1.54, 1.807) is 0 Å². The zero-order chi connectivity index (χ0) is 26.0.